The summed E-state index contributed by atoms with van der Waals surface area (Å²) in [5.74, 6) is -0.885. The summed E-state index contributed by atoms with van der Waals surface area (Å²) in [4.78, 5) is 37.7. The number of rotatable bonds is 50. The van der Waals surface area contributed by atoms with Crippen LogP contribution in [0.3, 0.4) is 0 Å². The Hall–Kier alpha value is -2.11. The first kappa shape index (κ1) is 59.9. The predicted octanol–water partition coefficient (Wildman–Crippen LogP) is 17.9. The minimum atomic E-state index is -0.771. The summed E-state index contributed by atoms with van der Waals surface area (Å²) in [5, 5.41) is 0. The van der Waals surface area contributed by atoms with Crippen LogP contribution in [0.1, 0.15) is 297 Å². The third-order valence-corrected chi connectivity index (χ3v) is 12.2. The molecule has 1 atom stereocenters. The lowest BCUT2D eigenvalue weighted by Gasteiger charge is -2.18. The summed E-state index contributed by atoms with van der Waals surface area (Å²) >= 11 is 0. The van der Waals surface area contributed by atoms with Gasteiger partial charge >= 0.3 is 17.9 Å². The quantitative estimate of drug-likeness (QED) is 0.0262. The van der Waals surface area contributed by atoms with Gasteiger partial charge in [0.2, 0.25) is 0 Å². The van der Waals surface area contributed by atoms with Crippen LogP contribution in [0.25, 0.3) is 0 Å². The maximum atomic E-state index is 12.7. The van der Waals surface area contributed by atoms with Crippen molar-refractivity contribution in [3.8, 4) is 0 Å². The molecule has 0 amide bonds. The first-order chi connectivity index (χ1) is 30.5. The van der Waals surface area contributed by atoms with Crippen molar-refractivity contribution in [3.63, 3.8) is 0 Å². The molecule has 62 heavy (non-hydrogen) atoms. The number of carbonyl (C=O) groups is 3. The fraction of sp³-hybridized carbons (Fsp3) is 0.875. The van der Waals surface area contributed by atoms with Crippen LogP contribution in [0.4, 0.5) is 0 Å². The molecule has 1 unspecified atom stereocenters. The molecule has 0 aromatic carbocycles. The van der Waals surface area contributed by atoms with Crippen molar-refractivity contribution in [2.75, 3.05) is 13.2 Å². The second-order valence-electron chi connectivity index (χ2n) is 18.5. The van der Waals surface area contributed by atoms with Crippen molar-refractivity contribution >= 4 is 17.9 Å². The van der Waals surface area contributed by atoms with Gasteiger partial charge in [-0.1, -0.05) is 257 Å². The van der Waals surface area contributed by atoms with Gasteiger partial charge in [0, 0.05) is 19.3 Å². The largest absolute Gasteiger partial charge is 0.462 e. The lowest BCUT2D eigenvalue weighted by atomic mass is 10.0. The van der Waals surface area contributed by atoms with E-state index in [2.05, 4.69) is 45.1 Å². The zero-order chi connectivity index (χ0) is 45.1. The molecule has 0 aromatic heterocycles. The third kappa shape index (κ3) is 48.9. The van der Waals surface area contributed by atoms with Gasteiger partial charge in [0.1, 0.15) is 13.2 Å². The molecule has 0 bridgehead atoms. The Bertz CT molecular complexity index is 1000. The van der Waals surface area contributed by atoms with Crippen molar-refractivity contribution in [1.82, 2.24) is 0 Å². The molecule has 6 nitrogen and oxygen atoms in total. The average molecular weight is 873 g/mol. The van der Waals surface area contributed by atoms with Gasteiger partial charge in [0.25, 0.3) is 0 Å². The summed E-state index contributed by atoms with van der Waals surface area (Å²) in [6, 6.07) is 0. The van der Waals surface area contributed by atoms with E-state index < -0.39 is 6.10 Å². The van der Waals surface area contributed by atoms with Crippen LogP contribution in [0.5, 0.6) is 0 Å². The summed E-state index contributed by atoms with van der Waals surface area (Å²) in [5.41, 5.74) is 0. The highest BCUT2D eigenvalue weighted by Crippen LogP contribution is 2.17. The monoisotopic (exact) mass is 873 g/mol. The predicted molar refractivity (Wildman–Crippen MR) is 266 cm³/mol. The van der Waals surface area contributed by atoms with Crippen LogP contribution in [-0.2, 0) is 28.6 Å². The van der Waals surface area contributed by atoms with Crippen molar-refractivity contribution in [3.05, 3.63) is 24.3 Å². The van der Waals surface area contributed by atoms with Crippen molar-refractivity contribution in [1.29, 1.82) is 0 Å². The van der Waals surface area contributed by atoms with Crippen molar-refractivity contribution in [2.24, 2.45) is 0 Å². The minimum Gasteiger partial charge on any atom is -0.462 e. The number of carbonyl (C=O) groups excluding carboxylic acids is 3. The molecule has 0 saturated carbocycles. The van der Waals surface area contributed by atoms with Gasteiger partial charge in [-0.25, -0.2) is 0 Å². The van der Waals surface area contributed by atoms with Gasteiger partial charge in [0.15, 0.2) is 6.10 Å². The number of allylic oxidation sites excluding steroid dienone is 4. The molecular formula is C56H104O6. The number of esters is 3. The number of hydrogen-bond acceptors (Lipinski definition) is 6. The van der Waals surface area contributed by atoms with E-state index in [1.165, 1.54) is 167 Å². The van der Waals surface area contributed by atoms with Gasteiger partial charge in [-0.3, -0.25) is 14.4 Å². The van der Waals surface area contributed by atoms with Gasteiger partial charge < -0.3 is 14.2 Å². The molecule has 0 aliphatic carbocycles. The van der Waals surface area contributed by atoms with Gasteiger partial charge in [-0.2, -0.15) is 0 Å². The summed E-state index contributed by atoms with van der Waals surface area (Å²) in [6.07, 6.45) is 59.3. The lowest BCUT2D eigenvalue weighted by molar-refractivity contribution is -0.167. The van der Waals surface area contributed by atoms with Crippen molar-refractivity contribution < 1.29 is 28.6 Å². The third-order valence-electron chi connectivity index (χ3n) is 12.2. The van der Waals surface area contributed by atoms with E-state index in [4.69, 9.17) is 14.2 Å². The Morgan fingerprint density at radius 3 is 0.952 bits per heavy atom. The second-order valence-corrected chi connectivity index (χ2v) is 18.5. The Labute approximate surface area is 385 Å². The highest BCUT2D eigenvalue weighted by Gasteiger charge is 2.19. The Morgan fingerprint density at radius 1 is 0.323 bits per heavy atom. The Kier molecular flexibility index (Phi) is 49.8. The van der Waals surface area contributed by atoms with Crippen molar-refractivity contribution in [2.45, 2.75) is 303 Å². The van der Waals surface area contributed by atoms with E-state index in [0.717, 1.165) is 89.9 Å². The van der Waals surface area contributed by atoms with Crippen LogP contribution in [0, 0.1) is 0 Å². The van der Waals surface area contributed by atoms with E-state index in [-0.39, 0.29) is 31.1 Å². The smallest absolute Gasteiger partial charge is 0.306 e. The van der Waals surface area contributed by atoms with Crippen LogP contribution in [-0.4, -0.2) is 37.2 Å². The minimum absolute atomic E-state index is 0.0732. The molecule has 0 rings (SSSR count). The standard InChI is InChI=1S/C56H104O6/c1-4-7-10-13-16-18-20-22-23-24-25-26-27-28-29-30-31-32-33-35-36-38-40-43-46-49-55(58)61-52-53(51-60-54(57)48-45-42-15-12-9-6-3)62-56(59)50-47-44-41-39-37-34-21-19-17-14-11-8-5-2/h11,14,19,21,53H,4-10,12-13,15-18,20,22-52H2,1-3H3/b14-11-,21-19-. The average Bonchev–Trinajstić information content (AvgIpc) is 3.27. The second kappa shape index (κ2) is 51.5. The molecule has 0 aliphatic rings. The normalized spacial score (nSPS) is 12.1. The van der Waals surface area contributed by atoms with Gasteiger partial charge in [0.05, 0.1) is 0 Å². The molecule has 0 spiro atoms. The highest BCUT2D eigenvalue weighted by molar-refractivity contribution is 5.71. The lowest BCUT2D eigenvalue weighted by Crippen LogP contribution is -2.30. The van der Waals surface area contributed by atoms with Crippen LogP contribution < -0.4 is 0 Å². The molecular weight excluding hydrogens is 769 g/mol. The molecule has 0 aromatic rings. The van der Waals surface area contributed by atoms with E-state index in [0.29, 0.717) is 19.3 Å². The number of hydrogen-bond donors (Lipinski definition) is 0. The van der Waals surface area contributed by atoms with Crippen LogP contribution in [0.15, 0.2) is 24.3 Å². The molecule has 0 saturated heterocycles. The van der Waals surface area contributed by atoms with Crippen LogP contribution in [0.2, 0.25) is 0 Å². The highest BCUT2D eigenvalue weighted by atomic mass is 16.6. The molecule has 0 N–H and O–H groups in total. The first-order valence-electron chi connectivity index (χ1n) is 27.3. The number of unbranched alkanes of at least 4 members (excludes halogenated alkanes) is 35. The van der Waals surface area contributed by atoms with Crippen LogP contribution >= 0.6 is 0 Å². The van der Waals surface area contributed by atoms with E-state index in [1.807, 2.05) is 0 Å². The summed E-state index contributed by atoms with van der Waals surface area (Å²) in [6.45, 7) is 6.54. The number of ether oxygens (including phenoxy) is 3. The summed E-state index contributed by atoms with van der Waals surface area (Å²) < 4.78 is 16.7. The molecule has 0 aliphatic heterocycles. The zero-order valence-corrected chi connectivity index (χ0v) is 41.7. The zero-order valence-electron chi connectivity index (χ0n) is 41.7. The van der Waals surface area contributed by atoms with E-state index in [1.54, 1.807) is 0 Å². The fourth-order valence-corrected chi connectivity index (χ4v) is 8.07. The molecule has 364 valence electrons. The molecule has 0 radical (unpaired) electrons. The van der Waals surface area contributed by atoms with Gasteiger partial charge in [-0.05, 0) is 44.9 Å². The Balaban J connectivity index is 4.03. The molecule has 6 heteroatoms. The fourth-order valence-electron chi connectivity index (χ4n) is 8.07. The first-order valence-corrected chi connectivity index (χ1v) is 27.3. The SMILES string of the molecule is CCC/C=C\C/C=C\CCCCCCCC(=O)OC(COC(=O)CCCCCCCC)COC(=O)CCCCCCCCCCCCCCCCCCCCCCCCCCC. The van der Waals surface area contributed by atoms with Gasteiger partial charge in [-0.15, -0.1) is 0 Å². The Morgan fingerprint density at radius 2 is 0.613 bits per heavy atom. The molecule has 0 heterocycles. The molecule has 0 fully saturated rings. The van der Waals surface area contributed by atoms with E-state index >= 15 is 0 Å². The van der Waals surface area contributed by atoms with E-state index in [9.17, 15) is 14.4 Å². The topological polar surface area (TPSA) is 78.9 Å². The summed E-state index contributed by atoms with van der Waals surface area (Å²) in [7, 11) is 0. The maximum Gasteiger partial charge on any atom is 0.306 e. The maximum absolute atomic E-state index is 12.7.